The molecule has 2 aliphatic rings. The van der Waals surface area contributed by atoms with Crippen LogP contribution in [0, 0.1) is 0 Å². The van der Waals surface area contributed by atoms with E-state index in [0.717, 1.165) is 18.6 Å². The van der Waals surface area contributed by atoms with Crippen LogP contribution in [0.5, 0.6) is 5.75 Å². The van der Waals surface area contributed by atoms with E-state index in [1.807, 2.05) is 13.0 Å². The van der Waals surface area contributed by atoms with Crippen molar-refractivity contribution in [1.82, 2.24) is 0 Å². The third-order valence-electron chi connectivity index (χ3n) is 3.92. The van der Waals surface area contributed by atoms with Crippen molar-refractivity contribution in [2.24, 2.45) is 0 Å². The molecule has 3 rings (SSSR count). The molecule has 0 spiro atoms. The summed E-state index contributed by atoms with van der Waals surface area (Å²) in [6.45, 7) is 2.67. The van der Waals surface area contributed by atoms with E-state index in [9.17, 15) is 4.79 Å². The monoisotopic (exact) mass is 260 g/mol. The standard InChI is InChI=1S/C16H20O3/c1-2-8-18-16-14(17)10-15(16)19-13-7-6-11-4-3-5-12(11)9-13/h6-7,9,15-16H,2-5,8,10H2,1H3. The van der Waals surface area contributed by atoms with Crippen LogP contribution in [0.15, 0.2) is 18.2 Å². The Kier molecular flexibility index (Phi) is 3.56. The molecule has 1 fully saturated rings. The van der Waals surface area contributed by atoms with Gasteiger partial charge in [0.05, 0.1) is 0 Å². The third-order valence-corrected chi connectivity index (χ3v) is 3.92. The Balaban J connectivity index is 1.63. The molecule has 3 heteroatoms. The summed E-state index contributed by atoms with van der Waals surface area (Å²) >= 11 is 0. The molecule has 0 aliphatic heterocycles. The molecule has 1 aromatic carbocycles. The molecule has 1 aromatic rings. The molecule has 0 aromatic heterocycles. The third kappa shape index (κ3) is 2.52. The molecule has 0 N–H and O–H groups in total. The lowest BCUT2D eigenvalue weighted by molar-refractivity contribution is -0.154. The van der Waals surface area contributed by atoms with Gasteiger partial charge in [-0.15, -0.1) is 0 Å². The quantitative estimate of drug-likeness (QED) is 0.816. The number of aryl methyl sites for hydroxylation is 2. The van der Waals surface area contributed by atoms with Gasteiger partial charge in [0.15, 0.2) is 11.9 Å². The van der Waals surface area contributed by atoms with Gasteiger partial charge in [0.2, 0.25) is 0 Å². The Labute approximate surface area is 113 Å². The van der Waals surface area contributed by atoms with Gasteiger partial charge in [-0.3, -0.25) is 4.79 Å². The molecule has 102 valence electrons. The molecule has 3 nitrogen and oxygen atoms in total. The van der Waals surface area contributed by atoms with Crippen molar-refractivity contribution in [2.45, 2.75) is 51.2 Å². The van der Waals surface area contributed by atoms with Crippen LogP contribution in [-0.2, 0) is 22.4 Å². The van der Waals surface area contributed by atoms with Crippen molar-refractivity contribution >= 4 is 5.78 Å². The summed E-state index contributed by atoms with van der Waals surface area (Å²) < 4.78 is 11.5. The molecule has 2 aliphatic carbocycles. The van der Waals surface area contributed by atoms with E-state index in [1.54, 1.807) is 0 Å². The highest BCUT2D eigenvalue weighted by Crippen LogP contribution is 2.30. The number of rotatable bonds is 5. The van der Waals surface area contributed by atoms with E-state index in [2.05, 4.69) is 12.1 Å². The lowest BCUT2D eigenvalue weighted by atomic mass is 9.90. The Hall–Kier alpha value is -1.35. The van der Waals surface area contributed by atoms with Crippen LogP contribution in [0.1, 0.15) is 37.3 Å². The molecule has 0 bridgehead atoms. The number of carbonyl (C=O) groups is 1. The zero-order chi connectivity index (χ0) is 13.2. The van der Waals surface area contributed by atoms with E-state index in [0.29, 0.717) is 13.0 Å². The second-order valence-electron chi connectivity index (χ2n) is 5.40. The highest BCUT2D eigenvalue weighted by atomic mass is 16.5. The number of carbonyl (C=O) groups excluding carboxylic acids is 1. The van der Waals surface area contributed by atoms with Crippen molar-refractivity contribution < 1.29 is 14.3 Å². The van der Waals surface area contributed by atoms with E-state index in [1.165, 1.54) is 24.0 Å². The minimum absolute atomic E-state index is 0.0986. The van der Waals surface area contributed by atoms with Crippen LogP contribution in [-0.4, -0.2) is 24.6 Å². The second-order valence-corrected chi connectivity index (χ2v) is 5.40. The van der Waals surface area contributed by atoms with Gasteiger partial charge < -0.3 is 9.47 Å². The summed E-state index contributed by atoms with van der Waals surface area (Å²) in [6.07, 6.45) is 4.52. The molecular formula is C16H20O3. The minimum Gasteiger partial charge on any atom is -0.487 e. The zero-order valence-corrected chi connectivity index (χ0v) is 11.4. The van der Waals surface area contributed by atoms with Gasteiger partial charge in [-0.1, -0.05) is 13.0 Å². The molecule has 0 radical (unpaired) electrons. The highest BCUT2D eigenvalue weighted by molar-refractivity contribution is 5.90. The number of hydrogen-bond donors (Lipinski definition) is 0. The smallest absolute Gasteiger partial charge is 0.169 e. The van der Waals surface area contributed by atoms with Gasteiger partial charge in [0.1, 0.15) is 11.9 Å². The summed E-state index contributed by atoms with van der Waals surface area (Å²) in [5, 5.41) is 0. The molecular weight excluding hydrogens is 240 g/mol. The van der Waals surface area contributed by atoms with E-state index in [4.69, 9.17) is 9.47 Å². The average molecular weight is 260 g/mol. The van der Waals surface area contributed by atoms with Crippen molar-refractivity contribution in [2.75, 3.05) is 6.61 Å². The van der Waals surface area contributed by atoms with Crippen LogP contribution in [0.3, 0.4) is 0 Å². The normalized spacial score (nSPS) is 25.0. The minimum atomic E-state index is -0.354. The first-order valence-electron chi connectivity index (χ1n) is 7.20. The fraction of sp³-hybridized carbons (Fsp3) is 0.562. The first kappa shape index (κ1) is 12.7. The molecule has 2 atom stereocenters. The van der Waals surface area contributed by atoms with Gasteiger partial charge in [-0.2, -0.15) is 0 Å². The maximum Gasteiger partial charge on any atom is 0.169 e. The Morgan fingerprint density at radius 2 is 2.11 bits per heavy atom. The van der Waals surface area contributed by atoms with Crippen LogP contribution >= 0.6 is 0 Å². The summed E-state index contributed by atoms with van der Waals surface area (Å²) in [7, 11) is 0. The molecule has 19 heavy (non-hydrogen) atoms. The van der Waals surface area contributed by atoms with Gasteiger partial charge in [0.25, 0.3) is 0 Å². The predicted molar refractivity (Wildman–Crippen MR) is 72.5 cm³/mol. The first-order valence-corrected chi connectivity index (χ1v) is 7.20. The van der Waals surface area contributed by atoms with Crippen molar-refractivity contribution in [3.8, 4) is 5.75 Å². The van der Waals surface area contributed by atoms with E-state index < -0.39 is 0 Å². The Morgan fingerprint density at radius 3 is 2.89 bits per heavy atom. The molecule has 1 saturated carbocycles. The van der Waals surface area contributed by atoms with E-state index in [-0.39, 0.29) is 18.0 Å². The molecule has 0 amide bonds. The van der Waals surface area contributed by atoms with Gasteiger partial charge >= 0.3 is 0 Å². The molecule has 0 heterocycles. The number of benzene rings is 1. The van der Waals surface area contributed by atoms with Crippen LogP contribution < -0.4 is 4.74 Å². The van der Waals surface area contributed by atoms with Gasteiger partial charge in [0, 0.05) is 13.0 Å². The fourth-order valence-electron chi connectivity index (χ4n) is 2.81. The predicted octanol–water partition coefficient (Wildman–Crippen LogP) is 2.69. The average Bonchev–Trinajstić information content (AvgIpc) is 2.86. The van der Waals surface area contributed by atoms with Crippen molar-refractivity contribution in [3.63, 3.8) is 0 Å². The van der Waals surface area contributed by atoms with Crippen LogP contribution in [0.4, 0.5) is 0 Å². The van der Waals surface area contributed by atoms with Crippen LogP contribution in [0.2, 0.25) is 0 Å². The summed E-state index contributed by atoms with van der Waals surface area (Å²) in [5.74, 6) is 1.04. The van der Waals surface area contributed by atoms with Gasteiger partial charge in [-0.05, 0) is 48.9 Å². The summed E-state index contributed by atoms with van der Waals surface area (Å²) in [5.41, 5.74) is 2.84. The number of ether oxygens (including phenoxy) is 2. The molecule has 2 unspecified atom stereocenters. The highest BCUT2D eigenvalue weighted by Gasteiger charge is 2.42. The number of ketones is 1. The number of Topliss-reactive ketones (excluding diaryl/α,β-unsaturated/α-hetero) is 1. The van der Waals surface area contributed by atoms with Crippen molar-refractivity contribution in [1.29, 1.82) is 0 Å². The lowest BCUT2D eigenvalue weighted by Crippen LogP contribution is -2.52. The first-order chi connectivity index (χ1) is 9.28. The Bertz CT molecular complexity index is 481. The summed E-state index contributed by atoms with van der Waals surface area (Å²) in [4.78, 5) is 11.5. The van der Waals surface area contributed by atoms with Crippen LogP contribution in [0.25, 0.3) is 0 Å². The largest absolute Gasteiger partial charge is 0.487 e. The topological polar surface area (TPSA) is 35.5 Å². The second kappa shape index (κ2) is 5.33. The maximum atomic E-state index is 11.5. The Morgan fingerprint density at radius 1 is 1.26 bits per heavy atom. The lowest BCUT2D eigenvalue weighted by Gasteiger charge is -2.34. The SMILES string of the molecule is CCCOC1C(=O)CC1Oc1ccc2c(c1)CCC2. The fourth-order valence-corrected chi connectivity index (χ4v) is 2.81. The number of fused-ring (bicyclic) bond motifs is 1. The zero-order valence-electron chi connectivity index (χ0n) is 11.4. The van der Waals surface area contributed by atoms with E-state index >= 15 is 0 Å². The molecule has 0 saturated heterocycles. The summed E-state index contributed by atoms with van der Waals surface area (Å²) in [6, 6.07) is 6.30. The van der Waals surface area contributed by atoms with Crippen molar-refractivity contribution in [3.05, 3.63) is 29.3 Å². The van der Waals surface area contributed by atoms with Gasteiger partial charge in [-0.25, -0.2) is 0 Å². The maximum absolute atomic E-state index is 11.5. The number of hydrogen-bond acceptors (Lipinski definition) is 3.